The summed E-state index contributed by atoms with van der Waals surface area (Å²) >= 11 is 5.89. The Kier molecular flexibility index (Phi) is 3.40. The number of likely N-dealkylation sites (tertiary alicyclic amines) is 1. The molecule has 7 heteroatoms. The van der Waals surface area contributed by atoms with Crippen molar-refractivity contribution in [3.05, 3.63) is 47.3 Å². The highest BCUT2D eigenvalue weighted by Gasteiger charge is 2.32. The maximum Gasteiger partial charge on any atom is 0.255 e. The molecule has 0 N–H and O–H groups in total. The third-order valence-corrected chi connectivity index (χ3v) is 3.63. The maximum atomic E-state index is 13.0. The highest BCUT2D eigenvalue weighted by molar-refractivity contribution is 6.33. The minimum absolute atomic E-state index is 0.148. The average molecular weight is 295 g/mol. The van der Waals surface area contributed by atoms with Gasteiger partial charge in [-0.3, -0.25) is 9.48 Å². The van der Waals surface area contributed by atoms with E-state index in [1.807, 2.05) is 0 Å². The van der Waals surface area contributed by atoms with Gasteiger partial charge in [0.05, 0.1) is 10.6 Å². The second-order valence-corrected chi connectivity index (χ2v) is 5.23. The van der Waals surface area contributed by atoms with E-state index in [2.05, 4.69) is 10.1 Å². The summed E-state index contributed by atoms with van der Waals surface area (Å²) in [5.41, 5.74) is 0.340. The fourth-order valence-electron chi connectivity index (χ4n) is 2.28. The zero-order chi connectivity index (χ0) is 14.1. The Bertz CT molecular complexity index is 625. The number of benzene rings is 1. The summed E-state index contributed by atoms with van der Waals surface area (Å²) < 4.78 is 14.7. The van der Waals surface area contributed by atoms with Crippen LogP contribution in [0, 0.1) is 11.7 Å². The molecule has 3 rings (SSSR count). The fourth-order valence-corrected chi connectivity index (χ4v) is 2.52. The third kappa shape index (κ3) is 2.51. The molecule has 20 heavy (non-hydrogen) atoms. The van der Waals surface area contributed by atoms with E-state index in [-0.39, 0.29) is 10.9 Å². The molecular weight excluding hydrogens is 283 g/mol. The lowest BCUT2D eigenvalue weighted by Gasteiger charge is -2.39. The van der Waals surface area contributed by atoms with Crippen LogP contribution in [0.3, 0.4) is 0 Å². The van der Waals surface area contributed by atoms with E-state index in [1.165, 1.54) is 18.5 Å². The second kappa shape index (κ2) is 5.20. The Balaban J connectivity index is 1.60. The van der Waals surface area contributed by atoms with E-state index in [9.17, 15) is 9.18 Å². The molecule has 1 amide bonds. The molecule has 1 aromatic heterocycles. The number of amides is 1. The van der Waals surface area contributed by atoms with Gasteiger partial charge in [0.1, 0.15) is 18.5 Å². The summed E-state index contributed by atoms with van der Waals surface area (Å²) in [4.78, 5) is 17.8. The number of nitrogens with zero attached hydrogens (tertiary/aromatic N) is 4. The van der Waals surface area contributed by atoms with Crippen molar-refractivity contribution in [2.45, 2.75) is 6.54 Å². The molecule has 1 aliphatic rings. The van der Waals surface area contributed by atoms with Gasteiger partial charge in [-0.1, -0.05) is 11.6 Å². The number of rotatable bonds is 3. The second-order valence-electron chi connectivity index (χ2n) is 4.82. The highest BCUT2D eigenvalue weighted by atomic mass is 35.5. The molecular formula is C13H12ClFN4O. The number of halogens is 2. The van der Waals surface area contributed by atoms with Crippen molar-refractivity contribution in [3.63, 3.8) is 0 Å². The minimum atomic E-state index is -0.445. The lowest BCUT2D eigenvalue weighted by molar-refractivity contribution is 0.0461. The summed E-state index contributed by atoms with van der Waals surface area (Å²) in [6.45, 7) is 2.03. The normalized spacial score (nSPS) is 15.2. The third-order valence-electron chi connectivity index (χ3n) is 3.32. The van der Waals surface area contributed by atoms with Gasteiger partial charge < -0.3 is 4.90 Å². The lowest BCUT2D eigenvalue weighted by atomic mass is 9.99. The van der Waals surface area contributed by atoms with Crippen LogP contribution in [-0.2, 0) is 6.54 Å². The number of carbonyl (C=O) groups is 1. The first-order chi connectivity index (χ1) is 9.63. The van der Waals surface area contributed by atoms with Gasteiger partial charge in [-0.2, -0.15) is 5.10 Å². The Morgan fingerprint density at radius 2 is 2.25 bits per heavy atom. The van der Waals surface area contributed by atoms with Crippen LogP contribution >= 0.6 is 11.6 Å². The Morgan fingerprint density at radius 3 is 2.90 bits per heavy atom. The summed E-state index contributed by atoms with van der Waals surface area (Å²) in [5.74, 6) is -0.246. The van der Waals surface area contributed by atoms with Crippen molar-refractivity contribution in [2.24, 2.45) is 5.92 Å². The maximum absolute atomic E-state index is 13.0. The van der Waals surface area contributed by atoms with Gasteiger partial charge >= 0.3 is 0 Å². The number of carbonyl (C=O) groups excluding carboxylic acids is 1. The van der Waals surface area contributed by atoms with E-state index < -0.39 is 5.82 Å². The highest BCUT2D eigenvalue weighted by Crippen LogP contribution is 2.24. The monoisotopic (exact) mass is 294 g/mol. The van der Waals surface area contributed by atoms with Crippen molar-refractivity contribution >= 4 is 17.5 Å². The van der Waals surface area contributed by atoms with Gasteiger partial charge in [0.25, 0.3) is 5.91 Å². The molecule has 0 unspecified atom stereocenters. The molecule has 5 nitrogen and oxygen atoms in total. The van der Waals surface area contributed by atoms with E-state index in [0.29, 0.717) is 24.6 Å². The first-order valence-corrected chi connectivity index (χ1v) is 6.58. The van der Waals surface area contributed by atoms with E-state index in [4.69, 9.17) is 11.6 Å². The van der Waals surface area contributed by atoms with Crippen LogP contribution in [0.25, 0.3) is 0 Å². The van der Waals surface area contributed by atoms with Crippen LogP contribution in [0.5, 0.6) is 0 Å². The molecule has 0 bridgehead atoms. The molecule has 1 aromatic carbocycles. The number of aromatic nitrogens is 3. The summed E-state index contributed by atoms with van der Waals surface area (Å²) in [7, 11) is 0. The lowest BCUT2D eigenvalue weighted by Crippen LogP contribution is -2.51. The zero-order valence-corrected chi connectivity index (χ0v) is 11.3. The fraction of sp³-hybridized carbons (Fsp3) is 0.308. The van der Waals surface area contributed by atoms with Crippen LogP contribution in [0.2, 0.25) is 5.02 Å². The molecule has 1 fully saturated rings. The molecule has 104 valence electrons. The summed E-state index contributed by atoms with van der Waals surface area (Å²) in [5, 5.41) is 4.18. The van der Waals surface area contributed by atoms with Crippen molar-refractivity contribution in [1.29, 1.82) is 0 Å². The van der Waals surface area contributed by atoms with Crippen molar-refractivity contribution in [3.8, 4) is 0 Å². The van der Waals surface area contributed by atoms with E-state index in [1.54, 1.807) is 15.9 Å². The van der Waals surface area contributed by atoms with Crippen LogP contribution in [-0.4, -0.2) is 38.7 Å². The Morgan fingerprint density at radius 1 is 1.45 bits per heavy atom. The van der Waals surface area contributed by atoms with E-state index in [0.717, 1.165) is 12.6 Å². The quantitative estimate of drug-likeness (QED) is 0.868. The molecule has 0 saturated carbocycles. The SMILES string of the molecule is O=C(c1ccc(F)cc1Cl)N1CC(Cn2cncn2)C1. The first-order valence-electron chi connectivity index (χ1n) is 6.20. The van der Waals surface area contributed by atoms with Crippen LogP contribution in [0.1, 0.15) is 10.4 Å². The molecule has 2 heterocycles. The molecule has 1 saturated heterocycles. The minimum Gasteiger partial charge on any atom is -0.338 e. The van der Waals surface area contributed by atoms with Crippen LogP contribution < -0.4 is 0 Å². The zero-order valence-electron chi connectivity index (χ0n) is 10.5. The van der Waals surface area contributed by atoms with Gasteiger partial charge in [0.2, 0.25) is 0 Å². The Labute approximate surface area is 120 Å². The smallest absolute Gasteiger partial charge is 0.255 e. The van der Waals surface area contributed by atoms with Crippen molar-refractivity contribution < 1.29 is 9.18 Å². The molecule has 2 aromatic rings. The topological polar surface area (TPSA) is 51.0 Å². The van der Waals surface area contributed by atoms with Gasteiger partial charge in [0.15, 0.2) is 0 Å². The van der Waals surface area contributed by atoms with E-state index >= 15 is 0 Å². The van der Waals surface area contributed by atoms with Crippen LogP contribution in [0.15, 0.2) is 30.9 Å². The molecule has 1 aliphatic heterocycles. The molecule has 0 radical (unpaired) electrons. The summed E-state index contributed by atoms with van der Waals surface area (Å²) in [6, 6.07) is 3.82. The Hall–Kier alpha value is -1.95. The van der Waals surface area contributed by atoms with Crippen LogP contribution in [0.4, 0.5) is 4.39 Å². The van der Waals surface area contributed by atoms with Gasteiger partial charge in [-0.15, -0.1) is 0 Å². The number of hydrogen-bond donors (Lipinski definition) is 0. The molecule has 0 atom stereocenters. The first kappa shape index (κ1) is 13.1. The van der Waals surface area contributed by atoms with Crippen molar-refractivity contribution in [2.75, 3.05) is 13.1 Å². The van der Waals surface area contributed by atoms with Gasteiger partial charge in [-0.25, -0.2) is 9.37 Å². The predicted molar refractivity (Wildman–Crippen MR) is 70.8 cm³/mol. The molecule has 0 aliphatic carbocycles. The largest absolute Gasteiger partial charge is 0.338 e. The number of hydrogen-bond acceptors (Lipinski definition) is 3. The van der Waals surface area contributed by atoms with Gasteiger partial charge in [-0.05, 0) is 18.2 Å². The summed E-state index contributed by atoms with van der Waals surface area (Å²) in [6.07, 6.45) is 3.14. The average Bonchev–Trinajstić information content (AvgIpc) is 2.85. The van der Waals surface area contributed by atoms with Gasteiger partial charge in [0, 0.05) is 25.6 Å². The standard InChI is InChI=1S/C13H12ClFN4O/c14-12-3-10(15)1-2-11(12)13(20)18-4-9(5-18)6-19-8-16-7-17-19/h1-3,7-9H,4-6H2. The van der Waals surface area contributed by atoms with Crippen molar-refractivity contribution in [1.82, 2.24) is 19.7 Å². The predicted octanol–water partition coefficient (Wildman–Crippen LogP) is 1.84. The molecule has 0 spiro atoms.